The molecule has 216 valence electrons. The molecule has 4 aromatic rings. The summed E-state index contributed by atoms with van der Waals surface area (Å²) in [6, 6.07) is 21.5. The van der Waals surface area contributed by atoms with E-state index in [1.165, 1.54) is 24.3 Å². The molecule has 0 unspecified atom stereocenters. The molecule has 4 amide bonds. The Bertz CT molecular complexity index is 1810. The summed E-state index contributed by atoms with van der Waals surface area (Å²) in [5, 5.41) is 15.5. The predicted octanol–water partition coefficient (Wildman–Crippen LogP) is 6.12. The van der Waals surface area contributed by atoms with Gasteiger partial charge in [0, 0.05) is 17.7 Å². The zero-order chi connectivity index (χ0) is 30.5. The first-order chi connectivity index (χ1) is 20.8. The Morgan fingerprint density at radius 2 is 1.72 bits per heavy atom. The van der Waals surface area contributed by atoms with Crippen LogP contribution in [0.3, 0.4) is 0 Å². The van der Waals surface area contributed by atoms with Crippen LogP contribution in [-0.2, 0) is 22.6 Å². The molecule has 1 saturated heterocycles. The van der Waals surface area contributed by atoms with Crippen LogP contribution < -0.4 is 19.7 Å². The highest BCUT2D eigenvalue weighted by molar-refractivity contribution is 6.39. The minimum atomic E-state index is -1.01. The predicted molar refractivity (Wildman–Crippen MR) is 162 cm³/mol. The maximum atomic E-state index is 13.4. The van der Waals surface area contributed by atoms with Gasteiger partial charge in [0.05, 0.1) is 17.2 Å². The van der Waals surface area contributed by atoms with Gasteiger partial charge in [0.25, 0.3) is 17.5 Å². The second kappa shape index (κ2) is 12.4. The maximum absolute atomic E-state index is 13.4. The number of fused-ring (bicyclic) bond motifs is 1. The lowest BCUT2D eigenvalue weighted by atomic mass is 10.0. The number of benzene rings is 4. The zero-order valence-corrected chi connectivity index (χ0v) is 23.2. The Kier molecular flexibility index (Phi) is 8.29. The van der Waals surface area contributed by atoms with E-state index in [4.69, 9.17) is 9.47 Å². The molecule has 1 fully saturated rings. The largest absolute Gasteiger partial charge is 0.490 e. The molecule has 0 atom stereocenters. The third-order valence-corrected chi connectivity index (χ3v) is 6.78. The molecule has 1 N–H and O–H groups in total. The summed E-state index contributed by atoms with van der Waals surface area (Å²) in [6.07, 6.45) is 3.45. The molecule has 10 nitrogen and oxygen atoms in total. The molecule has 1 aliphatic rings. The van der Waals surface area contributed by atoms with Crippen molar-refractivity contribution in [1.29, 1.82) is 0 Å². The number of hydrogen-bond acceptors (Lipinski definition) is 7. The monoisotopic (exact) mass is 577 g/mol. The van der Waals surface area contributed by atoms with Gasteiger partial charge in [-0.2, -0.15) is 0 Å². The van der Waals surface area contributed by atoms with E-state index in [0.29, 0.717) is 40.6 Å². The molecule has 10 heteroatoms. The van der Waals surface area contributed by atoms with Crippen molar-refractivity contribution in [3.63, 3.8) is 0 Å². The number of carbonyl (C=O) groups excluding carboxylic acids is 3. The normalized spacial score (nSPS) is 14.1. The number of rotatable bonds is 10. The molecule has 1 heterocycles. The molecule has 0 spiro atoms. The summed E-state index contributed by atoms with van der Waals surface area (Å²) in [4.78, 5) is 50.1. The van der Waals surface area contributed by atoms with Crippen LogP contribution in [-0.4, -0.2) is 29.4 Å². The summed E-state index contributed by atoms with van der Waals surface area (Å²) in [5.74, 6) is -0.904. The van der Waals surface area contributed by atoms with Gasteiger partial charge in [0.1, 0.15) is 12.2 Å². The van der Waals surface area contributed by atoms with Gasteiger partial charge in [-0.3, -0.25) is 25.0 Å². The average Bonchev–Trinajstić information content (AvgIpc) is 2.99. The first-order valence-corrected chi connectivity index (χ1v) is 13.5. The van der Waals surface area contributed by atoms with Crippen LogP contribution in [0, 0.1) is 10.1 Å². The Balaban J connectivity index is 1.52. The van der Waals surface area contributed by atoms with Gasteiger partial charge < -0.3 is 9.47 Å². The summed E-state index contributed by atoms with van der Waals surface area (Å²) >= 11 is 0. The van der Waals surface area contributed by atoms with Crippen LogP contribution in [0.5, 0.6) is 11.5 Å². The van der Waals surface area contributed by atoms with Crippen LogP contribution in [0.25, 0.3) is 16.8 Å². The number of ether oxygens (including phenoxy) is 2. The highest BCUT2D eigenvalue weighted by atomic mass is 16.6. The third kappa shape index (κ3) is 5.98. The lowest BCUT2D eigenvalue weighted by Gasteiger charge is -2.26. The number of anilines is 1. The van der Waals surface area contributed by atoms with Crippen molar-refractivity contribution in [2.75, 3.05) is 11.5 Å². The van der Waals surface area contributed by atoms with E-state index in [2.05, 4.69) is 11.9 Å². The van der Waals surface area contributed by atoms with Crippen molar-refractivity contribution in [3.05, 3.63) is 124 Å². The second-order valence-electron chi connectivity index (χ2n) is 9.59. The van der Waals surface area contributed by atoms with Crippen LogP contribution in [0.2, 0.25) is 0 Å². The van der Waals surface area contributed by atoms with Gasteiger partial charge in [-0.1, -0.05) is 54.6 Å². The van der Waals surface area contributed by atoms with Gasteiger partial charge >= 0.3 is 6.03 Å². The van der Waals surface area contributed by atoms with Gasteiger partial charge in [-0.25, -0.2) is 9.69 Å². The Morgan fingerprint density at radius 3 is 2.49 bits per heavy atom. The summed E-state index contributed by atoms with van der Waals surface area (Å²) < 4.78 is 12.3. The fourth-order valence-electron chi connectivity index (χ4n) is 4.87. The first kappa shape index (κ1) is 28.7. The minimum Gasteiger partial charge on any atom is -0.490 e. The van der Waals surface area contributed by atoms with Crippen molar-refractivity contribution in [2.45, 2.75) is 20.0 Å². The van der Waals surface area contributed by atoms with E-state index in [-0.39, 0.29) is 23.6 Å². The maximum Gasteiger partial charge on any atom is 0.335 e. The molecule has 4 aromatic carbocycles. The first-order valence-electron chi connectivity index (χ1n) is 13.5. The summed E-state index contributed by atoms with van der Waals surface area (Å²) in [7, 11) is 0. The molecule has 0 aliphatic carbocycles. The van der Waals surface area contributed by atoms with Crippen molar-refractivity contribution < 1.29 is 28.8 Å². The van der Waals surface area contributed by atoms with Gasteiger partial charge in [-0.05, 0) is 59.5 Å². The number of nitro benzene ring substituents is 1. The van der Waals surface area contributed by atoms with Crippen molar-refractivity contribution in [1.82, 2.24) is 5.32 Å². The number of nitrogens with one attached hydrogen (secondary N) is 1. The van der Waals surface area contributed by atoms with Crippen LogP contribution in [0.4, 0.5) is 16.2 Å². The number of carbonyl (C=O) groups is 3. The number of nitrogens with zero attached hydrogens (tertiary/aromatic N) is 2. The standard InChI is InChI=1S/C33H27N3O7/c1-3-9-23-16-21(17-28-31(37)34-33(39)35(32(28)38)25-13-8-14-26(19-25)36(40)41)18-29(42-4-2)30(23)43-20-24-12-7-11-22-10-5-6-15-27(22)24/h3,5-8,10-19H,1,4,9,20H2,2H3,(H,34,37,39)/b28-17+. The Hall–Kier alpha value is -5.77. The van der Waals surface area contributed by atoms with Gasteiger partial charge in [0.15, 0.2) is 11.5 Å². The van der Waals surface area contributed by atoms with E-state index in [9.17, 15) is 24.5 Å². The number of barbiturate groups is 1. The topological polar surface area (TPSA) is 128 Å². The van der Waals surface area contributed by atoms with Crippen molar-refractivity contribution in [2.24, 2.45) is 0 Å². The molecular formula is C33H27N3O7. The average molecular weight is 578 g/mol. The quantitative estimate of drug-likeness (QED) is 0.0791. The molecule has 0 radical (unpaired) electrons. The fraction of sp³-hybridized carbons (Fsp3) is 0.121. The van der Waals surface area contributed by atoms with Crippen LogP contribution >= 0.6 is 0 Å². The summed E-state index contributed by atoms with van der Waals surface area (Å²) in [6.45, 7) is 6.27. The van der Waals surface area contributed by atoms with E-state index in [0.717, 1.165) is 22.4 Å². The van der Waals surface area contributed by atoms with Crippen LogP contribution in [0.1, 0.15) is 23.6 Å². The number of non-ortho nitro benzene ring substituents is 1. The van der Waals surface area contributed by atoms with E-state index < -0.39 is 22.8 Å². The van der Waals surface area contributed by atoms with E-state index >= 15 is 0 Å². The number of imide groups is 2. The number of amides is 4. The van der Waals surface area contributed by atoms with Crippen molar-refractivity contribution >= 4 is 46.1 Å². The van der Waals surface area contributed by atoms with Gasteiger partial charge in [0.2, 0.25) is 0 Å². The highest BCUT2D eigenvalue weighted by Gasteiger charge is 2.37. The molecule has 0 bridgehead atoms. The van der Waals surface area contributed by atoms with E-state index in [1.807, 2.05) is 49.4 Å². The number of allylic oxidation sites excluding steroid dienone is 1. The molecular weight excluding hydrogens is 550 g/mol. The lowest BCUT2D eigenvalue weighted by molar-refractivity contribution is -0.384. The number of urea groups is 1. The molecule has 1 aliphatic heterocycles. The lowest BCUT2D eigenvalue weighted by Crippen LogP contribution is -2.54. The molecule has 5 rings (SSSR count). The number of hydrogen-bond donors (Lipinski definition) is 1. The smallest absolute Gasteiger partial charge is 0.335 e. The van der Waals surface area contributed by atoms with Crippen LogP contribution in [0.15, 0.2) is 97.1 Å². The Morgan fingerprint density at radius 1 is 0.953 bits per heavy atom. The van der Waals surface area contributed by atoms with Gasteiger partial charge in [-0.15, -0.1) is 6.58 Å². The third-order valence-electron chi connectivity index (χ3n) is 6.78. The second-order valence-corrected chi connectivity index (χ2v) is 9.59. The Labute approximate surface area is 247 Å². The highest BCUT2D eigenvalue weighted by Crippen LogP contribution is 2.36. The minimum absolute atomic E-state index is 0.0466. The molecule has 43 heavy (non-hydrogen) atoms. The van der Waals surface area contributed by atoms with E-state index in [1.54, 1.807) is 18.2 Å². The van der Waals surface area contributed by atoms with Crippen molar-refractivity contribution in [3.8, 4) is 11.5 Å². The zero-order valence-electron chi connectivity index (χ0n) is 23.2. The number of nitro groups is 1. The summed E-state index contributed by atoms with van der Waals surface area (Å²) in [5.41, 5.74) is 1.46. The SMILES string of the molecule is C=CCc1cc(/C=C2\C(=O)NC(=O)N(c3cccc([N+](=O)[O-])c3)C2=O)cc(OCC)c1OCc1cccc2ccccc12. The fourth-order valence-corrected chi connectivity index (χ4v) is 4.87. The molecule has 0 aromatic heterocycles. The molecule has 0 saturated carbocycles.